The van der Waals surface area contributed by atoms with Crippen LogP contribution in [0.3, 0.4) is 0 Å². The van der Waals surface area contributed by atoms with Crippen LogP contribution in [0, 0.1) is 5.92 Å². The standard InChI is InChI=1S/C26H36N6O/c33-26(27-12-16-31-13-11-21-3-1-2-4-22(21)18-31)8-5-20-9-14-32(15-10-20)25-17-24(28-19-29-25)30-23-6-7-23/h1-4,17,19-20,23H,5-16,18H2,(H,27,33)(H,28,29,30). The summed E-state index contributed by atoms with van der Waals surface area (Å²) < 4.78 is 0. The Morgan fingerprint density at radius 1 is 1.03 bits per heavy atom. The number of hydrogen-bond donors (Lipinski definition) is 2. The summed E-state index contributed by atoms with van der Waals surface area (Å²) in [4.78, 5) is 26.0. The summed E-state index contributed by atoms with van der Waals surface area (Å²) in [5, 5.41) is 6.59. The second-order valence-corrected chi connectivity index (χ2v) is 9.79. The van der Waals surface area contributed by atoms with Gasteiger partial charge in [0, 0.05) is 57.8 Å². The van der Waals surface area contributed by atoms with Gasteiger partial charge >= 0.3 is 0 Å². The van der Waals surface area contributed by atoms with E-state index in [1.54, 1.807) is 6.33 Å². The first-order valence-corrected chi connectivity index (χ1v) is 12.6. The van der Waals surface area contributed by atoms with E-state index in [9.17, 15) is 4.79 Å². The van der Waals surface area contributed by atoms with Crippen LogP contribution < -0.4 is 15.5 Å². The zero-order chi connectivity index (χ0) is 22.5. The van der Waals surface area contributed by atoms with E-state index in [0.29, 0.717) is 18.4 Å². The zero-order valence-corrected chi connectivity index (χ0v) is 19.5. The first-order valence-electron chi connectivity index (χ1n) is 12.6. The first-order chi connectivity index (χ1) is 16.2. The van der Waals surface area contributed by atoms with Crippen molar-refractivity contribution in [3.05, 3.63) is 47.8 Å². The van der Waals surface area contributed by atoms with Crippen molar-refractivity contribution in [2.45, 2.75) is 57.5 Å². The molecule has 0 spiro atoms. The minimum absolute atomic E-state index is 0.196. The smallest absolute Gasteiger partial charge is 0.220 e. The number of rotatable bonds is 9. The molecule has 7 nitrogen and oxygen atoms in total. The lowest BCUT2D eigenvalue weighted by molar-refractivity contribution is -0.121. The fourth-order valence-corrected chi connectivity index (χ4v) is 5.01. The predicted molar refractivity (Wildman–Crippen MR) is 131 cm³/mol. The molecule has 0 bridgehead atoms. The van der Waals surface area contributed by atoms with Crippen molar-refractivity contribution >= 4 is 17.5 Å². The van der Waals surface area contributed by atoms with Gasteiger partial charge in [-0.15, -0.1) is 0 Å². The summed E-state index contributed by atoms with van der Waals surface area (Å²) in [6.07, 6.45) is 9.11. The Morgan fingerprint density at radius 3 is 2.67 bits per heavy atom. The van der Waals surface area contributed by atoms with Crippen LogP contribution in [0.15, 0.2) is 36.7 Å². The molecule has 2 aliphatic heterocycles. The topological polar surface area (TPSA) is 73.4 Å². The molecule has 2 N–H and O–H groups in total. The Balaban J connectivity index is 0.975. The van der Waals surface area contributed by atoms with Crippen molar-refractivity contribution in [2.75, 3.05) is 42.9 Å². The molecular formula is C26H36N6O. The Morgan fingerprint density at radius 2 is 1.85 bits per heavy atom. The van der Waals surface area contributed by atoms with Crippen LogP contribution in [-0.4, -0.2) is 59.5 Å². The molecule has 1 aromatic carbocycles. The third-order valence-electron chi connectivity index (χ3n) is 7.26. The highest BCUT2D eigenvalue weighted by atomic mass is 16.1. The fourth-order valence-electron chi connectivity index (χ4n) is 5.01. The van der Waals surface area contributed by atoms with Gasteiger partial charge in [-0.3, -0.25) is 9.69 Å². The minimum Gasteiger partial charge on any atom is -0.367 e. The molecule has 0 radical (unpaired) electrons. The van der Waals surface area contributed by atoms with Crippen LogP contribution in [0.1, 0.15) is 49.7 Å². The first kappa shape index (κ1) is 22.1. The number of carbonyl (C=O) groups is 1. The molecule has 2 fully saturated rings. The Hall–Kier alpha value is -2.67. The van der Waals surface area contributed by atoms with Gasteiger partial charge in [0.05, 0.1) is 0 Å². The maximum atomic E-state index is 12.4. The quantitative estimate of drug-likeness (QED) is 0.614. The maximum Gasteiger partial charge on any atom is 0.220 e. The normalized spacial score (nSPS) is 19.2. The highest BCUT2D eigenvalue weighted by Crippen LogP contribution is 2.28. The molecule has 33 heavy (non-hydrogen) atoms. The summed E-state index contributed by atoms with van der Waals surface area (Å²) in [5.74, 6) is 2.78. The van der Waals surface area contributed by atoms with Gasteiger partial charge in [0.25, 0.3) is 0 Å². The molecule has 1 aromatic heterocycles. The molecule has 3 aliphatic rings. The number of piperidine rings is 1. The predicted octanol–water partition coefficient (Wildman–Crippen LogP) is 3.22. The Labute approximate surface area is 197 Å². The number of fused-ring (bicyclic) bond motifs is 1. The SMILES string of the molecule is O=C(CCC1CCN(c2cc(NC3CC3)ncn2)CC1)NCCN1CCc2ccccc2C1. The highest BCUT2D eigenvalue weighted by molar-refractivity contribution is 5.75. The van der Waals surface area contributed by atoms with Crippen molar-refractivity contribution in [1.82, 2.24) is 20.2 Å². The molecule has 1 amide bonds. The second kappa shape index (κ2) is 10.5. The van der Waals surface area contributed by atoms with Gasteiger partial charge in [0.15, 0.2) is 0 Å². The highest BCUT2D eigenvalue weighted by Gasteiger charge is 2.24. The van der Waals surface area contributed by atoms with Crippen molar-refractivity contribution in [1.29, 1.82) is 0 Å². The molecule has 7 heteroatoms. The van der Waals surface area contributed by atoms with Gasteiger partial charge in [0.2, 0.25) is 5.91 Å². The Bertz CT molecular complexity index is 938. The number of amides is 1. The molecule has 1 aliphatic carbocycles. The van der Waals surface area contributed by atoms with Gasteiger partial charge < -0.3 is 15.5 Å². The van der Waals surface area contributed by atoms with E-state index in [0.717, 1.165) is 76.6 Å². The van der Waals surface area contributed by atoms with Crippen LogP contribution in [0.5, 0.6) is 0 Å². The lowest BCUT2D eigenvalue weighted by Gasteiger charge is -2.32. The fraction of sp³-hybridized carbons (Fsp3) is 0.577. The third kappa shape index (κ3) is 6.22. The van der Waals surface area contributed by atoms with E-state index in [-0.39, 0.29) is 5.91 Å². The minimum atomic E-state index is 0.196. The molecule has 2 aromatic rings. The second-order valence-electron chi connectivity index (χ2n) is 9.79. The number of nitrogens with one attached hydrogen (secondary N) is 2. The summed E-state index contributed by atoms with van der Waals surface area (Å²) in [6.45, 7) is 5.75. The van der Waals surface area contributed by atoms with Crippen LogP contribution in [0.2, 0.25) is 0 Å². The summed E-state index contributed by atoms with van der Waals surface area (Å²) >= 11 is 0. The molecule has 3 heterocycles. The summed E-state index contributed by atoms with van der Waals surface area (Å²) in [5.41, 5.74) is 2.90. The van der Waals surface area contributed by atoms with E-state index in [2.05, 4.69) is 60.7 Å². The third-order valence-corrected chi connectivity index (χ3v) is 7.26. The average molecular weight is 449 g/mol. The van der Waals surface area contributed by atoms with Crippen LogP contribution in [-0.2, 0) is 17.8 Å². The van der Waals surface area contributed by atoms with Crippen molar-refractivity contribution in [3.8, 4) is 0 Å². The molecule has 0 atom stereocenters. The van der Waals surface area contributed by atoms with E-state index in [1.165, 1.54) is 24.0 Å². The van der Waals surface area contributed by atoms with Crippen molar-refractivity contribution in [2.24, 2.45) is 5.92 Å². The number of anilines is 2. The summed E-state index contributed by atoms with van der Waals surface area (Å²) in [7, 11) is 0. The molecule has 1 saturated heterocycles. The maximum absolute atomic E-state index is 12.4. The van der Waals surface area contributed by atoms with Gasteiger partial charge in [-0.25, -0.2) is 9.97 Å². The monoisotopic (exact) mass is 448 g/mol. The van der Waals surface area contributed by atoms with Crippen LogP contribution in [0.4, 0.5) is 11.6 Å². The number of nitrogens with zero attached hydrogens (tertiary/aromatic N) is 4. The number of aromatic nitrogens is 2. The number of hydrogen-bond acceptors (Lipinski definition) is 6. The van der Waals surface area contributed by atoms with E-state index >= 15 is 0 Å². The van der Waals surface area contributed by atoms with E-state index < -0.39 is 0 Å². The van der Waals surface area contributed by atoms with E-state index in [1.807, 2.05) is 0 Å². The summed E-state index contributed by atoms with van der Waals surface area (Å²) in [6, 6.07) is 11.4. The molecule has 176 valence electrons. The van der Waals surface area contributed by atoms with Gasteiger partial charge in [0.1, 0.15) is 18.0 Å². The Kier molecular flexibility index (Phi) is 7.05. The number of benzene rings is 1. The molecule has 0 unspecified atom stereocenters. The zero-order valence-electron chi connectivity index (χ0n) is 19.5. The van der Waals surface area contributed by atoms with Gasteiger partial charge in [-0.2, -0.15) is 0 Å². The van der Waals surface area contributed by atoms with Gasteiger partial charge in [-0.05, 0) is 55.6 Å². The van der Waals surface area contributed by atoms with Crippen molar-refractivity contribution in [3.63, 3.8) is 0 Å². The molecule has 1 saturated carbocycles. The van der Waals surface area contributed by atoms with Gasteiger partial charge in [-0.1, -0.05) is 24.3 Å². The van der Waals surface area contributed by atoms with E-state index in [4.69, 9.17) is 0 Å². The largest absolute Gasteiger partial charge is 0.367 e. The molecular weight excluding hydrogens is 412 g/mol. The number of carbonyl (C=O) groups excluding carboxylic acids is 1. The van der Waals surface area contributed by atoms with Crippen molar-refractivity contribution < 1.29 is 4.79 Å². The lowest BCUT2D eigenvalue weighted by atomic mass is 9.92. The lowest BCUT2D eigenvalue weighted by Crippen LogP contribution is -2.38. The molecule has 5 rings (SSSR count). The average Bonchev–Trinajstić information content (AvgIpc) is 3.67. The van der Waals surface area contributed by atoms with Crippen LogP contribution >= 0.6 is 0 Å². The van der Waals surface area contributed by atoms with Crippen LogP contribution in [0.25, 0.3) is 0 Å².